The molecule has 4 heteroatoms. The van der Waals surface area contributed by atoms with E-state index in [9.17, 15) is 0 Å². The summed E-state index contributed by atoms with van der Waals surface area (Å²) in [6.45, 7) is 1.88. The summed E-state index contributed by atoms with van der Waals surface area (Å²) in [6, 6.07) is 14.8. The molecule has 1 aromatic carbocycles. The van der Waals surface area contributed by atoms with Gasteiger partial charge in [0.15, 0.2) is 0 Å². The molecule has 3 rings (SSSR count). The molecular weight excluding hydrogens is 278 g/mol. The number of thiophene rings is 1. The summed E-state index contributed by atoms with van der Waals surface area (Å²) >= 11 is 1.74. The van der Waals surface area contributed by atoms with Crippen LogP contribution in [0, 0.1) is 0 Å². The van der Waals surface area contributed by atoms with E-state index in [4.69, 9.17) is 0 Å². The molecule has 0 aliphatic carbocycles. The van der Waals surface area contributed by atoms with Crippen LogP contribution in [0.1, 0.15) is 17.5 Å². The zero-order valence-corrected chi connectivity index (χ0v) is 12.7. The summed E-state index contributed by atoms with van der Waals surface area (Å²) in [4.78, 5) is 1.24. The summed E-state index contributed by atoms with van der Waals surface area (Å²) in [5.41, 5.74) is 3.78. The maximum absolute atomic E-state index is 4.17. The van der Waals surface area contributed by atoms with Gasteiger partial charge in [0.25, 0.3) is 0 Å². The number of H-pyrrole nitrogens is 1. The van der Waals surface area contributed by atoms with Gasteiger partial charge in [-0.25, -0.2) is 0 Å². The van der Waals surface area contributed by atoms with Crippen LogP contribution in [0.3, 0.4) is 0 Å². The van der Waals surface area contributed by atoms with Crippen LogP contribution >= 0.6 is 11.3 Å². The molecule has 0 fully saturated rings. The fourth-order valence-corrected chi connectivity index (χ4v) is 3.12. The Kier molecular flexibility index (Phi) is 4.82. The third-order valence-corrected chi connectivity index (χ3v) is 4.35. The van der Waals surface area contributed by atoms with E-state index in [-0.39, 0.29) is 0 Å². The highest BCUT2D eigenvalue weighted by Crippen LogP contribution is 2.25. The molecule has 0 saturated carbocycles. The lowest BCUT2D eigenvalue weighted by molar-refractivity contribution is 0.650. The molecule has 3 nitrogen and oxygen atoms in total. The summed E-state index contributed by atoms with van der Waals surface area (Å²) in [5.74, 6) is 0. The highest BCUT2D eigenvalue weighted by atomic mass is 32.1. The first-order chi connectivity index (χ1) is 10.4. The van der Waals surface area contributed by atoms with Gasteiger partial charge in [0.2, 0.25) is 0 Å². The van der Waals surface area contributed by atoms with E-state index < -0.39 is 0 Å². The van der Waals surface area contributed by atoms with E-state index in [2.05, 4.69) is 63.4 Å². The Balaban J connectivity index is 1.45. The van der Waals surface area contributed by atoms with Crippen molar-refractivity contribution in [2.45, 2.75) is 19.4 Å². The molecular formula is C17H19N3S. The minimum atomic E-state index is 0.860. The van der Waals surface area contributed by atoms with Crippen LogP contribution in [0.25, 0.3) is 10.6 Å². The lowest BCUT2D eigenvalue weighted by Crippen LogP contribution is -2.15. The standard InChI is InChI=1S/C17H19N3S/c1-2-6-14(7-3-1)8-4-10-18-12-15-13-19-20-17(15)16-9-5-11-21-16/h1-3,5-7,9,11,13,18H,4,8,10,12H2,(H,19,20). The molecule has 0 atom stereocenters. The lowest BCUT2D eigenvalue weighted by Gasteiger charge is -2.05. The SMILES string of the molecule is c1ccc(CCCNCc2cn[nH]c2-c2cccs2)cc1. The largest absolute Gasteiger partial charge is 0.313 e. The first-order valence-electron chi connectivity index (χ1n) is 7.24. The monoisotopic (exact) mass is 297 g/mol. The van der Waals surface area contributed by atoms with Crippen molar-refractivity contribution in [2.24, 2.45) is 0 Å². The molecule has 0 aliphatic rings. The number of aryl methyl sites for hydroxylation is 1. The zero-order valence-electron chi connectivity index (χ0n) is 11.9. The van der Waals surface area contributed by atoms with Crippen LogP contribution in [-0.2, 0) is 13.0 Å². The molecule has 0 radical (unpaired) electrons. The van der Waals surface area contributed by atoms with Gasteiger partial charge in [-0.3, -0.25) is 5.10 Å². The maximum atomic E-state index is 4.17. The molecule has 108 valence electrons. The summed E-state index contributed by atoms with van der Waals surface area (Å²) in [5, 5.41) is 12.9. The fraction of sp³-hybridized carbons (Fsp3) is 0.235. The van der Waals surface area contributed by atoms with Crippen molar-refractivity contribution in [2.75, 3.05) is 6.54 Å². The predicted octanol–water partition coefficient (Wildman–Crippen LogP) is 3.86. The Bertz CT molecular complexity index is 644. The average Bonchev–Trinajstić information content (AvgIpc) is 3.19. The smallest absolute Gasteiger partial charge is 0.0794 e. The molecule has 0 bridgehead atoms. The van der Waals surface area contributed by atoms with Crippen LogP contribution in [0.15, 0.2) is 54.0 Å². The van der Waals surface area contributed by atoms with Gasteiger partial charge in [-0.1, -0.05) is 36.4 Å². The summed E-state index contributed by atoms with van der Waals surface area (Å²) in [7, 11) is 0. The molecule has 0 amide bonds. The van der Waals surface area contributed by atoms with E-state index in [1.165, 1.54) is 16.0 Å². The first-order valence-corrected chi connectivity index (χ1v) is 8.12. The number of rotatable bonds is 7. The predicted molar refractivity (Wildman–Crippen MR) is 88.4 cm³/mol. The number of hydrogen-bond acceptors (Lipinski definition) is 3. The van der Waals surface area contributed by atoms with E-state index in [1.807, 2.05) is 6.20 Å². The molecule has 2 heterocycles. The molecule has 0 spiro atoms. The van der Waals surface area contributed by atoms with Crippen LogP contribution in [0.2, 0.25) is 0 Å². The van der Waals surface area contributed by atoms with Gasteiger partial charge in [0.05, 0.1) is 16.8 Å². The van der Waals surface area contributed by atoms with Crippen molar-refractivity contribution in [1.29, 1.82) is 0 Å². The third-order valence-electron chi connectivity index (χ3n) is 3.46. The van der Waals surface area contributed by atoms with Crippen molar-refractivity contribution >= 4 is 11.3 Å². The van der Waals surface area contributed by atoms with Crippen molar-refractivity contribution in [3.63, 3.8) is 0 Å². The Hall–Kier alpha value is -1.91. The van der Waals surface area contributed by atoms with Gasteiger partial charge in [0, 0.05) is 12.1 Å². The van der Waals surface area contributed by atoms with Crippen LogP contribution in [0.5, 0.6) is 0 Å². The molecule has 0 saturated heterocycles. The molecule has 21 heavy (non-hydrogen) atoms. The van der Waals surface area contributed by atoms with E-state index >= 15 is 0 Å². The van der Waals surface area contributed by atoms with Gasteiger partial charge in [-0.05, 0) is 36.4 Å². The lowest BCUT2D eigenvalue weighted by atomic mass is 10.1. The second-order valence-corrected chi connectivity index (χ2v) is 5.96. The summed E-state index contributed by atoms with van der Waals surface area (Å²) < 4.78 is 0. The molecule has 0 aliphatic heterocycles. The number of hydrogen-bond donors (Lipinski definition) is 2. The van der Waals surface area contributed by atoms with Crippen LogP contribution in [0.4, 0.5) is 0 Å². The van der Waals surface area contributed by atoms with E-state index in [1.54, 1.807) is 11.3 Å². The van der Waals surface area contributed by atoms with Gasteiger partial charge in [-0.15, -0.1) is 11.3 Å². The Morgan fingerprint density at radius 2 is 2.00 bits per heavy atom. The van der Waals surface area contributed by atoms with Gasteiger partial charge < -0.3 is 5.32 Å². The number of benzene rings is 1. The van der Waals surface area contributed by atoms with Gasteiger partial charge in [0.1, 0.15) is 0 Å². The van der Waals surface area contributed by atoms with Gasteiger partial charge in [-0.2, -0.15) is 5.10 Å². The van der Waals surface area contributed by atoms with Crippen molar-refractivity contribution in [3.05, 3.63) is 65.2 Å². The number of aromatic nitrogens is 2. The van der Waals surface area contributed by atoms with Crippen LogP contribution < -0.4 is 5.32 Å². The summed E-state index contributed by atoms with van der Waals surface area (Å²) in [6.07, 6.45) is 4.19. The minimum absolute atomic E-state index is 0.860. The molecule has 0 unspecified atom stereocenters. The zero-order chi connectivity index (χ0) is 14.3. The van der Waals surface area contributed by atoms with E-state index in [0.717, 1.165) is 31.6 Å². The second kappa shape index (κ2) is 7.20. The molecule has 2 N–H and O–H groups in total. The highest BCUT2D eigenvalue weighted by molar-refractivity contribution is 7.13. The highest BCUT2D eigenvalue weighted by Gasteiger charge is 2.07. The number of aromatic amines is 1. The quantitative estimate of drug-likeness (QED) is 0.650. The normalized spacial score (nSPS) is 10.9. The average molecular weight is 297 g/mol. The fourth-order valence-electron chi connectivity index (χ4n) is 2.36. The van der Waals surface area contributed by atoms with Crippen LogP contribution in [-0.4, -0.2) is 16.7 Å². The minimum Gasteiger partial charge on any atom is -0.313 e. The second-order valence-electron chi connectivity index (χ2n) is 5.01. The first kappa shape index (κ1) is 14.0. The number of nitrogens with zero attached hydrogens (tertiary/aromatic N) is 1. The number of nitrogens with one attached hydrogen (secondary N) is 2. The third kappa shape index (κ3) is 3.80. The maximum Gasteiger partial charge on any atom is 0.0794 e. The van der Waals surface area contributed by atoms with E-state index in [0.29, 0.717) is 0 Å². The van der Waals surface area contributed by atoms with Crippen molar-refractivity contribution < 1.29 is 0 Å². The molecule has 2 aromatic heterocycles. The Morgan fingerprint density at radius 3 is 2.81 bits per heavy atom. The Morgan fingerprint density at radius 1 is 1.10 bits per heavy atom. The topological polar surface area (TPSA) is 40.7 Å². The Labute approximate surface area is 129 Å². The van der Waals surface area contributed by atoms with Crippen molar-refractivity contribution in [3.8, 4) is 10.6 Å². The van der Waals surface area contributed by atoms with Crippen molar-refractivity contribution in [1.82, 2.24) is 15.5 Å². The molecule has 3 aromatic rings. The van der Waals surface area contributed by atoms with Gasteiger partial charge >= 0.3 is 0 Å².